The summed E-state index contributed by atoms with van der Waals surface area (Å²) in [6.07, 6.45) is 4.71. The van der Waals surface area contributed by atoms with Gasteiger partial charge in [-0.2, -0.15) is 5.10 Å². The van der Waals surface area contributed by atoms with Gasteiger partial charge >= 0.3 is 0 Å². The number of hydrogen-bond donors (Lipinski definition) is 1. The van der Waals surface area contributed by atoms with Crippen LogP contribution in [0.5, 0.6) is 0 Å². The van der Waals surface area contributed by atoms with Crippen LogP contribution in [0.2, 0.25) is 0 Å². The predicted octanol–water partition coefficient (Wildman–Crippen LogP) is 1.21. The van der Waals surface area contributed by atoms with Crippen LogP contribution in [0.4, 0.5) is 0 Å². The molecule has 2 aliphatic rings. The van der Waals surface area contributed by atoms with Crippen molar-refractivity contribution in [3.8, 4) is 0 Å². The summed E-state index contributed by atoms with van der Waals surface area (Å²) in [5.41, 5.74) is 5.06. The van der Waals surface area contributed by atoms with Crippen molar-refractivity contribution in [2.45, 2.75) is 25.8 Å². The molecule has 2 rings (SSSR count). The maximum Gasteiger partial charge on any atom is 0.265 e. The van der Waals surface area contributed by atoms with E-state index < -0.39 is 0 Å². The zero-order valence-electron chi connectivity index (χ0n) is 7.86. The lowest BCUT2D eigenvalue weighted by atomic mass is 9.94. The molecule has 0 fully saturated rings. The van der Waals surface area contributed by atoms with E-state index >= 15 is 0 Å². The summed E-state index contributed by atoms with van der Waals surface area (Å²) in [6.45, 7) is 1.99. The summed E-state index contributed by atoms with van der Waals surface area (Å²) in [5.74, 6) is 0. The molecule has 1 unspecified atom stereocenters. The van der Waals surface area contributed by atoms with E-state index in [0.29, 0.717) is 6.42 Å². The molecule has 0 aromatic rings. The monoisotopic (exact) mass is 193 g/mol. The second-order valence-electron chi connectivity index (χ2n) is 3.32. The van der Waals surface area contributed by atoms with Crippen LogP contribution >= 0.6 is 0 Å². The molecule has 0 saturated heterocycles. The zero-order chi connectivity index (χ0) is 10.1. The highest BCUT2D eigenvalue weighted by molar-refractivity contribution is 6.02. The van der Waals surface area contributed by atoms with Crippen molar-refractivity contribution in [1.82, 2.24) is 5.43 Å². The number of allylic oxidation sites excluding steroid dienone is 1. The van der Waals surface area contributed by atoms with Gasteiger partial charge in [0.2, 0.25) is 0 Å². The maximum absolute atomic E-state index is 10.6. The van der Waals surface area contributed by atoms with E-state index in [1.54, 1.807) is 12.2 Å². The lowest BCUT2D eigenvalue weighted by Gasteiger charge is -2.13. The Bertz CT molecular complexity index is 368. The molecule has 0 aromatic heterocycles. The number of hydrazone groups is 1. The minimum atomic E-state index is -0.352. The fourth-order valence-corrected chi connectivity index (χ4v) is 1.72. The first kappa shape index (κ1) is 8.93. The molecule has 1 aliphatic carbocycles. The van der Waals surface area contributed by atoms with Crippen LogP contribution in [-0.2, 0) is 0 Å². The normalized spacial score (nSPS) is 24.4. The largest absolute Gasteiger partial charge is 0.302 e. The van der Waals surface area contributed by atoms with E-state index in [-0.39, 0.29) is 16.7 Å². The molecular formula is C9H11N3O2. The molecular weight excluding hydrogens is 182 g/mol. The van der Waals surface area contributed by atoms with E-state index in [0.717, 1.165) is 17.7 Å². The average Bonchev–Trinajstić information content (AvgIpc) is 2.59. The van der Waals surface area contributed by atoms with Crippen LogP contribution in [0.1, 0.15) is 19.8 Å². The lowest BCUT2D eigenvalue weighted by Crippen LogP contribution is -2.24. The molecule has 74 valence electrons. The van der Waals surface area contributed by atoms with E-state index in [9.17, 15) is 10.1 Å². The minimum Gasteiger partial charge on any atom is -0.302 e. The van der Waals surface area contributed by atoms with Crippen LogP contribution in [-0.4, -0.2) is 16.7 Å². The van der Waals surface area contributed by atoms with Gasteiger partial charge in [-0.15, -0.1) is 0 Å². The Morgan fingerprint density at radius 1 is 1.79 bits per heavy atom. The Labute approximate surface area is 81.3 Å². The molecule has 1 N–H and O–H groups in total. The molecule has 0 radical (unpaired) electrons. The number of nitro groups is 1. The fraction of sp³-hybridized carbons (Fsp3) is 0.444. The molecule has 1 aliphatic heterocycles. The van der Waals surface area contributed by atoms with Gasteiger partial charge in [0.1, 0.15) is 0 Å². The topological polar surface area (TPSA) is 67.5 Å². The Balaban J connectivity index is 2.30. The van der Waals surface area contributed by atoms with E-state index in [4.69, 9.17) is 0 Å². The van der Waals surface area contributed by atoms with Gasteiger partial charge < -0.3 is 5.43 Å². The number of fused-ring (bicyclic) bond motifs is 1. The number of nitrogens with zero attached hydrogens (tertiary/aromatic N) is 2. The van der Waals surface area contributed by atoms with Crippen LogP contribution in [0, 0.1) is 10.1 Å². The summed E-state index contributed by atoms with van der Waals surface area (Å²) in [5, 5.41) is 14.7. The Morgan fingerprint density at radius 3 is 3.21 bits per heavy atom. The van der Waals surface area contributed by atoms with E-state index in [1.165, 1.54) is 0 Å². The van der Waals surface area contributed by atoms with Crippen LogP contribution in [0.25, 0.3) is 0 Å². The first-order chi connectivity index (χ1) is 6.72. The second kappa shape index (κ2) is 3.25. The smallest absolute Gasteiger partial charge is 0.265 e. The molecule has 0 spiro atoms. The molecule has 0 amide bonds. The van der Waals surface area contributed by atoms with E-state index in [1.807, 2.05) is 6.92 Å². The van der Waals surface area contributed by atoms with Crippen molar-refractivity contribution in [2.24, 2.45) is 5.10 Å². The third-order valence-electron chi connectivity index (χ3n) is 2.48. The molecule has 0 aromatic carbocycles. The number of rotatable bonds is 2. The van der Waals surface area contributed by atoms with Gasteiger partial charge in [0, 0.05) is 11.6 Å². The molecule has 0 bridgehead atoms. The Kier molecular flexibility index (Phi) is 2.07. The van der Waals surface area contributed by atoms with Crippen molar-refractivity contribution in [2.75, 3.05) is 0 Å². The standard InChI is InChI=1S/C9H11N3O2/c1-2-8-7-5-6(12(13)14)3-4-9(7)11-10-8/h3,5,9,11H,2,4H2,1H3. The highest BCUT2D eigenvalue weighted by atomic mass is 16.6. The Morgan fingerprint density at radius 2 is 2.57 bits per heavy atom. The van der Waals surface area contributed by atoms with Gasteiger partial charge in [-0.3, -0.25) is 10.1 Å². The zero-order valence-corrected chi connectivity index (χ0v) is 7.86. The molecule has 1 heterocycles. The SMILES string of the molecule is CCC1=NNC2CC=C([N+](=O)[O-])C=C12. The third kappa shape index (κ3) is 1.30. The van der Waals surface area contributed by atoms with Gasteiger partial charge in [-0.05, 0) is 18.9 Å². The summed E-state index contributed by atoms with van der Waals surface area (Å²) in [7, 11) is 0. The highest BCUT2D eigenvalue weighted by Crippen LogP contribution is 2.24. The summed E-state index contributed by atoms with van der Waals surface area (Å²) in [6, 6.07) is 0.147. The average molecular weight is 193 g/mol. The van der Waals surface area contributed by atoms with Crippen molar-refractivity contribution in [3.05, 3.63) is 33.5 Å². The molecule has 0 saturated carbocycles. The van der Waals surface area contributed by atoms with Gasteiger partial charge in [-0.25, -0.2) is 0 Å². The van der Waals surface area contributed by atoms with Gasteiger partial charge in [0.05, 0.1) is 16.7 Å². The molecule has 1 atom stereocenters. The van der Waals surface area contributed by atoms with Crippen LogP contribution < -0.4 is 5.43 Å². The van der Waals surface area contributed by atoms with E-state index in [2.05, 4.69) is 10.5 Å². The summed E-state index contributed by atoms with van der Waals surface area (Å²) in [4.78, 5) is 10.2. The number of nitrogens with one attached hydrogen (secondary N) is 1. The highest BCUT2D eigenvalue weighted by Gasteiger charge is 2.28. The maximum atomic E-state index is 10.6. The summed E-state index contributed by atoms with van der Waals surface area (Å²) >= 11 is 0. The fourth-order valence-electron chi connectivity index (χ4n) is 1.72. The molecule has 5 nitrogen and oxygen atoms in total. The molecule has 14 heavy (non-hydrogen) atoms. The van der Waals surface area contributed by atoms with Gasteiger partial charge in [0.25, 0.3) is 5.70 Å². The quantitative estimate of drug-likeness (QED) is 0.529. The van der Waals surface area contributed by atoms with Crippen molar-refractivity contribution >= 4 is 5.71 Å². The van der Waals surface area contributed by atoms with Gasteiger partial charge in [0.15, 0.2) is 0 Å². The minimum absolute atomic E-state index is 0.147. The first-order valence-corrected chi connectivity index (χ1v) is 4.61. The lowest BCUT2D eigenvalue weighted by molar-refractivity contribution is -0.419. The first-order valence-electron chi connectivity index (χ1n) is 4.61. The number of hydrogen-bond acceptors (Lipinski definition) is 4. The van der Waals surface area contributed by atoms with Gasteiger partial charge in [-0.1, -0.05) is 6.92 Å². The Hall–Kier alpha value is -1.65. The van der Waals surface area contributed by atoms with Crippen LogP contribution in [0.15, 0.2) is 28.5 Å². The second-order valence-corrected chi connectivity index (χ2v) is 3.32. The van der Waals surface area contributed by atoms with Crippen LogP contribution in [0.3, 0.4) is 0 Å². The predicted molar refractivity (Wildman–Crippen MR) is 52.4 cm³/mol. The van der Waals surface area contributed by atoms with Crippen molar-refractivity contribution in [3.63, 3.8) is 0 Å². The summed E-state index contributed by atoms with van der Waals surface area (Å²) < 4.78 is 0. The van der Waals surface area contributed by atoms with Crippen molar-refractivity contribution in [1.29, 1.82) is 0 Å². The molecule has 5 heteroatoms. The third-order valence-corrected chi connectivity index (χ3v) is 2.48. The van der Waals surface area contributed by atoms with Crippen molar-refractivity contribution < 1.29 is 4.92 Å².